The highest BCUT2D eigenvalue weighted by Crippen LogP contribution is 2.24. The van der Waals surface area contributed by atoms with Crippen molar-refractivity contribution in [2.24, 2.45) is 11.8 Å². The Morgan fingerprint density at radius 3 is 2.50 bits per heavy atom. The van der Waals surface area contributed by atoms with Crippen LogP contribution in [0.25, 0.3) is 0 Å². The van der Waals surface area contributed by atoms with Gasteiger partial charge in [-0.25, -0.2) is 0 Å². The minimum absolute atomic E-state index is 0.570. The molecule has 0 amide bonds. The van der Waals surface area contributed by atoms with Crippen molar-refractivity contribution in [1.82, 2.24) is 15.1 Å². The first kappa shape index (κ1) is 9.86. The Morgan fingerprint density at radius 2 is 2.00 bits per heavy atom. The summed E-state index contributed by atoms with van der Waals surface area (Å²) >= 11 is 1.49. The molecule has 1 aliphatic rings. The SMILES string of the molecule is CC1CN(Cc2nnc(N)s2)CC1C. The summed E-state index contributed by atoms with van der Waals surface area (Å²) in [5, 5.41) is 9.45. The van der Waals surface area contributed by atoms with Gasteiger partial charge in [-0.3, -0.25) is 4.90 Å². The highest BCUT2D eigenvalue weighted by Gasteiger charge is 2.26. The van der Waals surface area contributed by atoms with E-state index in [0.717, 1.165) is 23.4 Å². The molecule has 2 unspecified atom stereocenters. The molecular formula is C9H16N4S. The van der Waals surface area contributed by atoms with Gasteiger partial charge in [0, 0.05) is 13.1 Å². The van der Waals surface area contributed by atoms with E-state index >= 15 is 0 Å². The van der Waals surface area contributed by atoms with Gasteiger partial charge in [0.2, 0.25) is 5.13 Å². The normalized spacial score (nSPS) is 28.4. The summed E-state index contributed by atoms with van der Waals surface area (Å²) in [5.74, 6) is 1.58. The summed E-state index contributed by atoms with van der Waals surface area (Å²) in [6, 6.07) is 0. The second-order valence-corrected chi connectivity index (χ2v) is 5.28. The van der Waals surface area contributed by atoms with E-state index in [9.17, 15) is 0 Å². The minimum atomic E-state index is 0.570. The number of nitrogen functional groups attached to an aromatic ring is 1. The Hall–Kier alpha value is -0.680. The Kier molecular flexibility index (Phi) is 2.69. The Labute approximate surface area is 88.1 Å². The molecule has 0 spiro atoms. The number of rotatable bonds is 2. The van der Waals surface area contributed by atoms with Crippen LogP contribution in [0, 0.1) is 11.8 Å². The first-order chi connectivity index (χ1) is 6.65. The summed E-state index contributed by atoms with van der Waals surface area (Å²) in [6.07, 6.45) is 0. The summed E-state index contributed by atoms with van der Waals surface area (Å²) in [5.41, 5.74) is 5.53. The molecule has 78 valence electrons. The Morgan fingerprint density at radius 1 is 1.36 bits per heavy atom. The monoisotopic (exact) mass is 212 g/mol. The average Bonchev–Trinajstić information content (AvgIpc) is 2.62. The molecule has 14 heavy (non-hydrogen) atoms. The second-order valence-electron chi connectivity index (χ2n) is 4.18. The number of anilines is 1. The lowest BCUT2D eigenvalue weighted by atomic mass is 10.0. The molecule has 1 saturated heterocycles. The van der Waals surface area contributed by atoms with Gasteiger partial charge >= 0.3 is 0 Å². The fourth-order valence-electron chi connectivity index (χ4n) is 1.90. The Balaban J connectivity index is 1.93. The van der Waals surface area contributed by atoms with Crippen LogP contribution in [0.3, 0.4) is 0 Å². The molecule has 1 aromatic rings. The lowest BCUT2D eigenvalue weighted by Gasteiger charge is -2.12. The predicted octanol–water partition coefficient (Wildman–Crippen LogP) is 1.21. The van der Waals surface area contributed by atoms with E-state index in [1.807, 2.05) is 0 Å². The van der Waals surface area contributed by atoms with Gasteiger partial charge in [0.15, 0.2) is 0 Å². The van der Waals surface area contributed by atoms with Gasteiger partial charge in [-0.05, 0) is 11.8 Å². The number of nitrogens with zero attached hydrogens (tertiary/aromatic N) is 3. The lowest BCUT2D eigenvalue weighted by Crippen LogP contribution is -2.19. The molecule has 0 saturated carbocycles. The third-order valence-electron chi connectivity index (χ3n) is 2.91. The maximum atomic E-state index is 5.53. The van der Waals surface area contributed by atoms with E-state index in [1.165, 1.54) is 24.4 Å². The van der Waals surface area contributed by atoms with Crippen molar-refractivity contribution in [3.63, 3.8) is 0 Å². The molecule has 2 N–H and O–H groups in total. The van der Waals surface area contributed by atoms with Crippen LogP contribution in [0.1, 0.15) is 18.9 Å². The first-order valence-electron chi connectivity index (χ1n) is 4.95. The van der Waals surface area contributed by atoms with Gasteiger partial charge in [-0.2, -0.15) is 0 Å². The third-order valence-corrected chi connectivity index (χ3v) is 3.64. The maximum absolute atomic E-state index is 5.53. The number of aromatic nitrogens is 2. The quantitative estimate of drug-likeness (QED) is 0.800. The van der Waals surface area contributed by atoms with Gasteiger partial charge in [-0.15, -0.1) is 10.2 Å². The van der Waals surface area contributed by atoms with E-state index in [0.29, 0.717) is 5.13 Å². The molecule has 2 rings (SSSR count). The molecule has 2 heterocycles. The van der Waals surface area contributed by atoms with Crippen molar-refractivity contribution in [3.8, 4) is 0 Å². The number of nitrogens with two attached hydrogens (primary N) is 1. The van der Waals surface area contributed by atoms with Crippen molar-refractivity contribution in [3.05, 3.63) is 5.01 Å². The number of hydrogen-bond acceptors (Lipinski definition) is 5. The van der Waals surface area contributed by atoms with Crippen LogP contribution < -0.4 is 5.73 Å². The molecule has 0 bridgehead atoms. The highest BCUT2D eigenvalue weighted by molar-refractivity contribution is 7.15. The van der Waals surface area contributed by atoms with Gasteiger partial charge in [0.05, 0.1) is 6.54 Å². The molecular weight excluding hydrogens is 196 g/mol. The van der Waals surface area contributed by atoms with E-state index in [4.69, 9.17) is 5.73 Å². The summed E-state index contributed by atoms with van der Waals surface area (Å²) < 4.78 is 0. The van der Waals surface area contributed by atoms with E-state index < -0.39 is 0 Å². The summed E-state index contributed by atoms with van der Waals surface area (Å²) in [6.45, 7) is 7.85. The molecule has 2 atom stereocenters. The predicted molar refractivity (Wildman–Crippen MR) is 57.9 cm³/mol. The second kappa shape index (κ2) is 3.82. The van der Waals surface area contributed by atoms with Crippen LogP contribution in [0.4, 0.5) is 5.13 Å². The van der Waals surface area contributed by atoms with Gasteiger partial charge in [0.25, 0.3) is 0 Å². The zero-order chi connectivity index (χ0) is 10.1. The first-order valence-corrected chi connectivity index (χ1v) is 5.77. The minimum Gasteiger partial charge on any atom is -0.374 e. The van der Waals surface area contributed by atoms with Crippen molar-refractivity contribution in [2.45, 2.75) is 20.4 Å². The summed E-state index contributed by atoms with van der Waals surface area (Å²) in [4.78, 5) is 2.43. The largest absolute Gasteiger partial charge is 0.374 e. The fraction of sp³-hybridized carbons (Fsp3) is 0.778. The zero-order valence-corrected chi connectivity index (χ0v) is 9.42. The maximum Gasteiger partial charge on any atom is 0.203 e. The van der Waals surface area contributed by atoms with E-state index in [1.54, 1.807) is 0 Å². The summed E-state index contributed by atoms with van der Waals surface area (Å²) in [7, 11) is 0. The number of hydrogen-bond donors (Lipinski definition) is 1. The Bertz CT molecular complexity index is 302. The zero-order valence-electron chi connectivity index (χ0n) is 8.60. The van der Waals surface area contributed by atoms with Gasteiger partial charge in [-0.1, -0.05) is 25.2 Å². The molecule has 1 aliphatic heterocycles. The van der Waals surface area contributed by atoms with Crippen molar-refractivity contribution in [2.75, 3.05) is 18.8 Å². The molecule has 1 aromatic heterocycles. The molecule has 0 aliphatic carbocycles. The van der Waals surface area contributed by atoms with Gasteiger partial charge < -0.3 is 5.73 Å². The van der Waals surface area contributed by atoms with Crippen LogP contribution in [-0.2, 0) is 6.54 Å². The van der Waals surface area contributed by atoms with Crippen LogP contribution in [0.2, 0.25) is 0 Å². The fourth-order valence-corrected chi connectivity index (χ4v) is 2.55. The molecule has 0 radical (unpaired) electrons. The van der Waals surface area contributed by atoms with Crippen molar-refractivity contribution < 1.29 is 0 Å². The van der Waals surface area contributed by atoms with Crippen LogP contribution in [0.15, 0.2) is 0 Å². The van der Waals surface area contributed by atoms with E-state index in [2.05, 4.69) is 28.9 Å². The number of likely N-dealkylation sites (tertiary alicyclic amines) is 1. The van der Waals surface area contributed by atoms with Gasteiger partial charge in [0.1, 0.15) is 5.01 Å². The molecule has 5 heteroatoms. The average molecular weight is 212 g/mol. The standard InChI is InChI=1S/C9H16N4S/c1-6-3-13(4-7(6)2)5-8-11-12-9(10)14-8/h6-7H,3-5H2,1-2H3,(H2,10,12). The smallest absolute Gasteiger partial charge is 0.203 e. The van der Waals surface area contributed by atoms with E-state index in [-0.39, 0.29) is 0 Å². The van der Waals surface area contributed by atoms with Crippen molar-refractivity contribution in [1.29, 1.82) is 0 Å². The highest BCUT2D eigenvalue weighted by atomic mass is 32.1. The van der Waals surface area contributed by atoms with Crippen molar-refractivity contribution >= 4 is 16.5 Å². The topological polar surface area (TPSA) is 55.0 Å². The van der Waals surface area contributed by atoms with Crippen LogP contribution in [-0.4, -0.2) is 28.2 Å². The van der Waals surface area contributed by atoms with Crippen LogP contribution >= 0.6 is 11.3 Å². The molecule has 0 aromatic carbocycles. The lowest BCUT2D eigenvalue weighted by molar-refractivity contribution is 0.315. The third kappa shape index (κ3) is 2.04. The van der Waals surface area contributed by atoms with Crippen LogP contribution in [0.5, 0.6) is 0 Å². The molecule has 1 fully saturated rings. The molecule has 4 nitrogen and oxygen atoms in total.